The third-order valence-electron chi connectivity index (χ3n) is 5.09. The van der Waals surface area contributed by atoms with E-state index in [0.717, 1.165) is 43.4 Å². The summed E-state index contributed by atoms with van der Waals surface area (Å²) in [6.45, 7) is 4.94. The summed E-state index contributed by atoms with van der Waals surface area (Å²) in [5, 5.41) is 0. The second kappa shape index (κ2) is 11.2. The van der Waals surface area contributed by atoms with E-state index in [0.29, 0.717) is 12.5 Å². The molecule has 146 valence electrons. The fourth-order valence-electron chi connectivity index (χ4n) is 3.65. The van der Waals surface area contributed by atoms with Crippen molar-refractivity contribution in [2.75, 3.05) is 51.3 Å². The normalized spacial score (nSPS) is 20.3. The van der Waals surface area contributed by atoms with E-state index in [1.54, 1.807) is 7.11 Å². The van der Waals surface area contributed by atoms with Crippen molar-refractivity contribution >= 4 is 41.7 Å². The van der Waals surface area contributed by atoms with Crippen LogP contribution in [-0.2, 0) is 0 Å². The number of halogens is 1. The van der Waals surface area contributed by atoms with Crippen molar-refractivity contribution in [1.29, 1.82) is 0 Å². The minimum atomic E-state index is 0. The summed E-state index contributed by atoms with van der Waals surface area (Å²) < 4.78 is 5.62. The van der Waals surface area contributed by atoms with Crippen LogP contribution in [0.3, 0.4) is 0 Å². The van der Waals surface area contributed by atoms with E-state index in [4.69, 9.17) is 15.5 Å². The van der Waals surface area contributed by atoms with Gasteiger partial charge in [-0.05, 0) is 32.0 Å². The maximum Gasteiger partial charge on any atom is 0.191 e. The van der Waals surface area contributed by atoms with Crippen LogP contribution in [0.1, 0.15) is 30.9 Å². The molecule has 2 N–H and O–H groups in total. The molecule has 2 saturated heterocycles. The minimum absolute atomic E-state index is 0. The predicted molar refractivity (Wildman–Crippen MR) is 122 cm³/mol. The molecule has 3 rings (SSSR count). The zero-order chi connectivity index (χ0) is 17.5. The van der Waals surface area contributed by atoms with Crippen LogP contribution in [0.25, 0.3) is 0 Å². The lowest BCUT2D eigenvalue weighted by Crippen LogP contribution is -2.43. The van der Waals surface area contributed by atoms with Gasteiger partial charge in [0.15, 0.2) is 5.96 Å². The van der Waals surface area contributed by atoms with Gasteiger partial charge in [-0.1, -0.05) is 24.6 Å². The van der Waals surface area contributed by atoms with Crippen LogP contribution in [0.4, 0.5) is 0 Å². The Labute approximate surface area is 178 Å². The highest BCUT2D eigenvalue weighted by atomic mass is 127. The number of likely N-dealkylation sites (tertiary alicyclic amines) is 1. The fourth-order valence-corrected chi connectivity index (χ4v) is 4.56. The van der Waals surface area contributed by atoms with Crippen molar-refractivity contribution in [2.45, 2.75) is 25.3 Å². The second-order valence-electron chi connectivity index (χ2n) is 6.65. The molecule has 0 bridgehead atoms. The van der Waals surface area contributed by atoms with E-state index in [9.17, 15) is 0 Å². The molecular weight excluding hydrogens is 459 g/mol. The topological polar surface area (TPSA) is 54.1 Å². The molecule has 2 aliphatic rings. The maximum atomic E-state index is 6.29. The van der Waals surface area contributed by atoms with Crippen molar-refractivity contribution < 1.29 is 4.74 Å². The fraction of sp³-hybridized carbons (Fsp3) is 0.632. The predicted octanol–water partition coefficient (Wildman–Crippen LogP) is 3.20. The van der Waals surface area contributed by atoms with Gasteiger partial charge in [-0.2, -0.15) is 11.8 Å². The number of ether oxygens (including phenoxy) is 1. The molecule has 2 aliphatic heterocycles. The largest absolute Gasteiger partial charge is 0.496 e. The molecule has 1 aromatic carbocycles. The first-order valence-electron chi connectivity index (χ1n) is 9.29. The number of guanidine groups is 1. The zero-order valence-corrected chi connectivity index (χ0v) is 18.7. The molecule has 0 spiro atoms. The van der Waals surface area contributed by atoms with Gasteiger partial charge in [0.1, 0.15) is 5.75 Å². The molecule has 0 aromatic heterocycles. The first kappa shape index (κ1) is 21.6. The van der Waals surface area contributed by atoms with Crippen molar-refractivity contribution in [3.63, 3.8) is 0 Å². The lowest BCUT2D eigenvalue weighted by atomic mass is 10.0. The number of hydrogen-bond acceptors (Lipinski definition) is 4. The monoisotopic (exact) mass is 490 g/mol. The SMILES string of the molecule is COc1ccccc1C(CN=C(N)N1CCSCC1)N1CCCCC1.I. The second-order valence-corrected chi connectivity index (χ2v) is 7.88. The molecule has 1 atom stereocenters. The Morgan fingerprint density at radius 2 is 1.85 bits per heavy atom. The summed E-state index contributed by atoms with van der Waals surface area (Å²) in [6.07, 6.45) is 3.84. The van der Waals surface area contributed by atoms with Crippen molar-refractivity contribution in [1.82, 2.24) is 9.80 Å². The van der Waals surface area contributed by atoms with E-state index >= 15 is 0 Å². The lowest BCUT2D eigenvalue weighted by molar-refractivity contribution is 0.165. The Morgan fingerprint density at radius 3 is 2.54 bits per heavy atom. The Bertz CT molecular complexity index is 574. The Kier molecular flexibility index (Phi) is 9.35. The molecule has 0 amide bonds. The first-order valence-corrected chi connectivity index (χ1v) is 10.4. The van der Waals surface area contributed by atoms with Crippen molar-refractivity contribution in [3.8, 4) is 5.75 Å². The number of nitrogens with two attached hydrogens (primary N) is 1. The lowest BCUT2D eigenvalue weighted by Gasteiger charge is -2.35. The van der Waals surface area contributed by atoms with Crippen LogP contribution in [-0.4, -0.2) is 67.1 Å². The third kappa shape index (κ3) is 5.66. The van der Waals surface area contributed by atoms with Gasteiger partial charge >= 0.3 is 0 Å². The molecule has 5 nitrogen and oxygen atoms in total. The molecule has 7 heteroatoms. The van der Waals surface area contributed by atoms with Crippen LogP contribution in [0, 0.1) is 0 Å². The molecule has 0 saturated carbocycles. The number of methoxy groups -OCH3 is 1. The number of para-hydroxylation sites is 1. The standard InChI is InChI=1S/C19H30N4OS.HI/c1-24-18-8-4-3-7-16(18)17(22-9-5-2-6-10-22)15-21-19(20)23-11-13-25-14-12-23;/h3-4,7-8,17H,2,5-6,9-15H2,1H3,(H2,20,21);1H. The maximum absolute atomic E-state index is 6.29. The number of nitrogens with zero attached hydrogens (tertiary/aromatic N) is 3. The van der Waals surface area contributed by atoms with Gasteiger partial charge in [-0.3, -0.25) is 9.89 Å². The molecule has 0 aliphatic carbocycles. The Balaban J connectivity index is 0.00000243. The average Bonchev–Trinajstić information content (AvgIpc) is 2.70. The summed E-state index contributed by atoms with van der Waals surface area (Å²) >= 11 is 1.99. The van der Waals surface area contributed by atoms with Gasteiger partial charge in [0.05, 0.1) is 19.7 Å². The Morgan fingerprint density at radius 1 is 1.15 bits per heavy atom. The van der Waals surface area contributed by atoms with E-state index in [1.165, 1.54) is 24.8 Å². The van der Waals surface area contributed by atoms with Gasteiger partial charge in [-0.25, -0.2) is 0 Å². The highest BCUT2D eigenvalue weighted by molar-refractivity contribution is 14.0. The highest BCUT2D eigenvalue weighted by Gasteiger charge is 2.25. The number of piperidine rings is 1. The van der Waals surface area contributed by atoms with E-state index in [2.05, 4.69) is 21.9 Å². The van der Waals surface area contributed by atoms with Gasteiger partial charge in [0.25, 0.3) is 0 Å². The third-order valence-corrected chi connectivity index (χ3v) is 6.03. The Hall–Kier alpha value is -0.670. The highest BCUT2D eigenvalue weighted by Crippen LogP contribution is 2.31. The number of thioether (sulfide) groups is 1. The summed E-state index contributed by atoms with van der Waals surface area (Å²) in [7, 11) is 1.75. The van der Waals surface area contributed by atoms with Crippen LogP contribution >= 0.6 is 35.7 Å². The van der Waals surface area contributed by atoms with E-state index in [1.807, 2.05) is 23.9 Å². The summed E-state index contributed by atoms with van der Waals surface area (Å²) in [6, 6.07) is 8.56. The van der Waals surface area contributed by atoms with E-state index < -0.39 is 0 Å². The summed E-state index contributed by atoms with van der Waals surface area (Å²) in [5.41, 5.74) is 7.51. The van der Waals surface area contributed by atoms with Gasteiger partial charge in [-0.15, -0.1) is 24.0 Å². The van der Waals surface area contributed by atoms with Gasteiger partial charge < -0.3 is 15.4 Å². The van der Waals surface area contributed by atoms with Crippen LogP contribution in [0.2, 0.25) is 0 Å². The van der Waals surface area contributed by atoms with Gasteiger partial charge in [0, 0.05) is 30.2 Å². The van der Waals surface area contributed by atoms with Gasteiger partial charge in [0.2, 0.25) is 0 Å². The van der Waals surface area contributed by atoms with Crippen LogP contribution < -0.4 is 10.5 Å². The molecule has 0 radical (unpaired) electrons. The molecule has 2 fully saturated rings. The number of aliphatic imine (C=N–C) groups is 1. The molecule has 26 heavy (non-hydrogen) atoms. The summed E-state index contributed by atoms with van der Waals surface area (Å²) in [4.78, 5) is 9.55. The van der Waals surface area contributed by atoms with Crippen molar-refractivity contribution in [2.24, 2.45) is 10.7 Å². The minimum Gasteiger partial charge on any atom is -0.496 e. The molecule has 1 unspecified atom stereocenters. The number of rotatable bonds is 5. The smallest absolute Gasteiger partial charge is 0.191 e. The van der Waals surface area contributed by atoms with Crippen molar-refractivity contribution in [3.05, 3.63) is 29.8 Å². The quantitative estimate of drug-likeness (QED) is 0.391. The molecular formula is C19H31IN4OS. The zero-order valence-electron chi connectivity index (χ0n) is 15.6. The molecule has 2 heterocycles. The number of hydrogen-bond donors (Lipinski definition) is 1. The van der Waals surface area contributed by atoms with E-state index in [-0.39, 0.29) is 30.0 Å². The average molecular weight is 490 g/mol. The molecule has 1 aromatic rings. The first-order chi connectivity index (χ1) is 12.3. The van der Waals surface area contributed by atoms with Crippen LogP contribution in [0.15, 0.2) is 29.3 Å². The summed E-state index contributed by atoms with van der Waals surface area (Å²) in [5.74, 6) is 3.91. The number of benzene rings is 1. The van der Waals surface area contributed by atoms with Crippen LogP contribution in [0.5, 0.6) is 5.75 Å².